The van der Waals surface area contributed by atoms with Gasteiger partial charge >= 0.3 is 26.1 Å². The van der Waals surface area contributed by atoms with Crippen molar-refractivity contribution in [3.8, 4) is 55.6 Å². The van der Waals surface area contributed by atoms with Crippen LogP contribution in [0.3, 0.4) is 0 Å². The van der Waals surface area contributed by atoms with Crippen LogP contribution in [0.5, 0.6) is 0 Å². The van der Waals surface area contributed by atoms with Gasteiger partial charge in [-0.1, -0.05) is 161 Å². The number of hydrogen-bond acceptors (Lipinski definition) is 14. The second kappa shape index (κ2) is 51.4. The van der Waals surface area contributed by atoms with Gasteiger partial charge in [0.25, 0.3) is 0 Å². The first-order valence-corrected chi connectivity index (χ1v) is 34.2. The number of carboxylic acids is 1. The number of para-hydroxylation sites is 3. The maximum atomic E-state index is 13.2. The van der Waals surface area contributed by atoms with E-state index in [1.54, 1.807) is 72.5 Å². The molecule has 2 aliphatic heterocycles. The van der Waals surface area contributed by atoms with Gasteiger partial charge in [-0.2, -0.15) is 30.3 Å². The van der Waals surface area contributed by atoms with Crippen molar-refractivity contribution in [1.29, 1.82) is 0 Å². The molecule has 2 aliphatic rings. The molecule has 0 bridgehead atoms. The van der Waals surface area contributed by atoms with Gasteiger partial charge in [0.05, 0.1) is 37.3 Å². The van der Waals surface area contributed by atoms with Crippen LogP contribution in [0.15, 0.2) is 316 Å². The summed E-state index contributed by atoms with van der Waals surface area (Å²) < 4.78 is 79.5. The monoisotopic (exact) mass is 2450 g/mol. The Morgan fingerprint density at radius 3 is 1.76 bits per heavy atom. The number of carbonyl (C=O) groups excluding carboxylic acids is 1. The molecule has 15 nitrogen and oxygen atoms in total. The normalized spacial score (nSPS) is 11.4. The van der Waals surface area contributed by atoms with Crippen molar-refractivity contribution >= 4 is 66.7 Å². The van der Waals surface area contributed by atoms with Crippen molar-refractivity contribution < 1.29 is 140 Å². The fraction of sp³-hybridized carbons (Fsp3) is 0.0769. The third-order valence-electron chi connectivity index (χ3n) is 15.4. The molecule has 2 N–H and O–H groups in total. The number of aromatic nitrogens is 7. The summed E-state index contributed by atoms with van der Waals surface area (Å²) >= 11 is 1.73. The van der Waals surface area contributed by atoms with Crippen LogP contribution in [0.4, 0.5) is 35.9 Å². The van der Waals surface area contributed by atoms with Crippen molar-refractivity contribution in [3.05, 3.63) is 390 Å². The van der Waals surface area contributed by atoms with Gasteiger partial charge in [-0.15, -0.1) is 89.1 Å². The van der Waals surface area contributed by atoms with E-state index in [-0.39, 0.29) is 174 Å². The number of fused-ring (bicyclic) bond motifs is 3. The number of aromatic carboxylic acids is 1. The fourth-order valence-electron chi connectivity index (χ4n) is 10.5. The van der Waals surface area contributed by atoms with E-state index in [1.165, 1.54) is 65.8 Å². The van der Waals surface area contributed by atoms with E-state index in [2.05, 4.69) is 131 Å². The maximum Gasteiger partial charge on any atom is 3.00 e. The molecule has 24 heteroatoms. The van der Waals surface area contributed by atoms with E-state index in [0.717, 1.165) is 86.4 Å². The molecule has 0 fully saturated rings. The Morgan fingerprint density at radius 2 is 1.20 bits per heavy atom. The molecule has 0 unspecified atom stereocenters. The summed E-state index contributed by atoms with van der Waals surface area (Å²) in [4.78, 5) is 50.3. The van der Waals surface area contributed by atoms with Gasteiger partial charge in [0, 0.05) is 185 Å². The molecule has 0 aliphatic carbocycles. The van der Waals surface area contributed by atoms with Crippen molar-refractivity contribution in [2.24, 2.45) is 0 Å². The number of benzene rings is 8. The van der Waals surface area contributed by atoms with E-state index in [0.29, 0.717) is 11.3 Å². The number of pyridine rings is 5. The van der Waals surface area contributed by atoms with Crippen LogP contribution in [0.2, 0.25) is 0 Å². The molecule has 115 heavy (non-hydrogen) atoms. The van der Waals surface area contributed by atoms with Crippen molar-refractivity contribution in [3.63, 3.8) is 0 Å². The summed E-state index contributed by atoms with van der Waals surface area (Å²) in [6.45, 7) is 6.38. The summed E-state index contributed by atoms with van der Waals surface area (Å²) in [5.74, 6) is -2.59. The van der Waals surface area contributed by atoms with Crippen LogP contribution < -0.4 is 19.8 Å². The molecule has 0 spiro atoms. The predicted octanol–water partition coefficient (Wildman–Crippen LogP) is 20.9. The molecule has 9 heterocycles. The molecule has 0 atom stereocenters. The van der Waals surface area contributed by atoms with E-state index >= 15 is 0 Å². The zero-order valence-corrected chi connectivity index (χ0v) is 75.6. The van der Waals surface area contributed by atoms with Gasteiger partial charge in [-0.25, -0.2) is 21.1 Å². The molecule has 17 rings (SSSR count). The number of anilines is 4. The number of hydrogen-bond donors (Lipinski definition) is 2. The number of aryl methyl sites for hydroxylation is 1. The van der Waals surface area contributed by atoms with Crippen LogP contribution in [-0.4, -0.2) is 84.3 Å². The zero-order valence-electron chi connectivity index (χ0n) is 67.8. The Labute approximate surface area is 749 Å². The van der Waals surface area contributed by atoms with Crippen molar-refractivity contribution in [1.82, 2.24) is 40.0 Å². The average Bonchev–Trinajstić information content (AvgIpc) is 1.22. The molecule has 15 aromatic rings. The number of carbonyl (C=O) groups is 2. The second-order valence-electron chi connectivity index (χ2n) is 23.5. The van der Waals surface area contributed by atoms with E-state index in [4.69, 9.17) is 17.1 Å². The van der Waals surface area contributed by atoms with Gasteiger partial charge in [-0.05, 0) is 101 Å². The quantitative estimate of drug-likeness (QED) is 0.0791. The molecule has 4 radical (unpaired) electrons. The summed E-state index contributed by atoms with van der Waals surface area (Å²) in [6, 6.07) is 82.0. The number of aliphatic hydroxyl groups excluding tert-OH is 1. The summed E-state index contributed by atoms with van der Waals surface area (Å²) in [7, 11) is 4.10. The third-order valence-corrected chi connectivity index (χ3v) is 16.5. The topological polar surface area (TPSA) is 179 Å². The van der Waals surface area contributed by atoms with Crippen molar-refractivity contribution in [2.75, 3.05) is 42.1 Å². The Morgan fingerprint density at radius 1 is 0.574 bits per heavy atom. The number of ketones is 1. The van der Waals surface area contributed by atoms with Gasteiger partial charge in [0.15, 0.2) is 5.78 Å². The Hall–Kier alpha value is -10.4. The fourth-order valence-corrected chi connectivity index (χ4v) is 11.4. The first kappa shape index (κ1) is 90.1. The standard InChI is InChI=1S/C22H16N.C14H13N2.C13H8NS.C11H6F2N.C10H10FN2.C8H6N3.C6H5NO2.C5H8O2.2CH3.5Ir/c1-16-14-22(23-15-21(16)18-8-3-2-4-9-18)20-13-7-11-17-10-5-6-12-19(17)20;1-15-11-16(12-7-3-2-4-8-12)14-10-6-5-9-13(14)15;1-2-7-12-10(5-1)9-13(15-12)11-6-3-4-8-14-11;12-8-4-5-9(10(13)7-8)11-3-1-2-6-14-11;1-12-6-7-13(8-12)10-4-2-9(11)3-5-10;1-2-5-9-7(3-1)8-4-6-10-11-8;8-6(9)5-3-1-2-4-7-5;1-4(6)3-5(2)7;;;;;;;/h2-12,14-15H,1H3;2-7,9-10H,11H2,1H3;1-8H;1-4,6-7H;2-4,6-7H,8H2,1H3;1-6H;1-4H,(H,8,9);3,6H,1-2H3;2*1H3;;;;;/q6*-1;;;2*-1;;;;;+3/i2D,3D,4D,8D,9D;;;;;;;;;;;;;;. The van der Waals surface area contributed by atoms with Crippen LogP contribution in [0.25, 0.3) is 76.5 Å². The Balaban J connectivity index is 0.000000363. The summed E-state index contributed by atoms with van der Waals surface area (Å²) in [5.41, 5.74) is 11.0. The maximum absolute atomic E-state index is 13.2. The Kier molecular flexibility index (Phi) is 40.3. The van der Waals surface area contributed by atoms with E-state index in [9.17, 15) is 22.8 Å². The molecule has 0 saturated carbocycles. The number of thiophene rings is 1. The number of rotatable bonds is 9. The van der Waals surface area contributed by atoms with Crippen LogP contribution in [0, 0.1) is 69.6 Å². The van der Waals surface area contributed by atoms with E-state index < -0.39 is 23.6 Å². The molecule has 8 aromatic carbocycles. The molecule has 7 aromatic heterocycles. The number of carboxylic acid groups (broad SMARTS) is 1. The second-order valence-corrected chi connectivity index (χ2v) is 24.5. The zero-order chi connectivity index (χ0) is 80.3. The van der Waals surface area contributed by atoms with Crippen LogP contribution >= 0.6 is 11.3 Å². The molecular weight excluding hydrogens is 2360 g/mol. The summed E-state index contributed by atoms with van der Waals surface area (Å²) in [5, 5.41) is 27.6. The number of nitrogens with zero attached hydrogens (tertiary/aromatic N) is 11. The first-order chi connectivity index (χ1) is 54.6. The predicted molar refractivity (Wildman–Crippen MR) is 437 cm³/mol. The molecule has 0 amide bonds. The van der Waals surface area contributed by atoms with Crippen molar-refractivity contribution in [2.45, 2.75) is 20.8 Å². The SMILES string of the molecule is CC(=O)C=C(C)O.CN1C=CN(c2[c-]cc(F)cc2)C1.CN1CN(c2[c-]cccc2)c2ccccc21.Fc1c[c-]c(-c2ccccn2)c(F)c1.O=C(O)c1ccccn1.[2H]c1c([2H])c([2H])c(-c2cnc(-c3[c-]ccc4ccccc34)cc2C)c([2H])c1[2H].[CH3-].[CH3-].[Ir+3].[Ir].[Ir].[Ir].[Ir].[c-]1c(-c2ccccn2)sc2ccccc12.c1ccc(-c2ccn[n-]2)nc1. The molecule has 598 valence electrons. The van der Waals surface area contributed by atoms with E-state index in [1.807, 2.05) is 152 Å². The minimum Gasteiger partial charge on any atom is -0.574 e. The van der Waals surface area contributed by atoms with Gasteiger partial charge < -0.3 is 69.8 Å². The smallest absolute Gasteiger partial charge is 0.574 e. The Bertz CT molecular complexity index is 5650. The minimum absolute atomic E-state index is 0. The summed E-state index contributed by atoms with van der Waals surface area (Å²) in [6.07, 6.45) is 14.9. The van der Waals surface area contributed by atoms with Crippen LogP contribution in [0.1, 0.15) is 36.8 Å². The van der Waals surface area contributed by atoms with Gasteiger partial charge in [0.2, 0.25) is 0 Å². The average molecular weight is 2440 g/mol. The van der Waals surface area contributed by atoms with Gasteiger partial charge in [-0.3, -0.25) is 22.9 Å². The van der Waals surface area contributed by atoms with Crippen LogP contribution in [-0.2, 0) is 105 Å². The molecule has 0 saturated heterocycles. The third kappa shape index (κ3) is 30.1. The largest absolute Gasteiger partial charge is 3.00 e. The number of allylic oxidation sites excluding steroid dienone is 2. The number of aliphatic hydroxyl groups is 1. The number of halogens is 3. The van der Waals surface area contributed by atoms with Gasteiger partial charge in [0.1, 0.15) is 5.69 Å². The molecular formula is C91H78F3Ir5N11O4S-5. The first-order valence-electron chi connectivity index (χ1n) is 35.9. The minimum atomic E-state index is -0.990.